The number of sulfonamides is 1. The summed E-state index contributed by atoms with van der Waals surface area (Å²) >= 11 is 8.26. The average molecular weight is 658 g/mol. The molecule has 1 N–H and O–H groups in total. The van der Waals surface area contributed by atoms with Crippen molar-refractivity contribution in [3.05, 3.63) is 128 Å². The number of halogens is 2. The molecular formula is C29H25ClIN3O3S. The predicted octanol–water partition coefficient (Wildman–Crippen LogP) is 6.80. The molecule has 0 fully saturated rings. The smallest absolute Gasteiger partial charge is 0.267 e. The Morgan fingerprint density at radius 2 is 1.63 bits per heavy atom. The summed E-state index contributed by atoms with van der Waals surface area (Å²) < 4.78 is 30.1. The van der Waals surface area contributed by atoms with Gasteiger partial charge in [-0.15, -0.1) is 0 Å². The summed E-state index contributed by atoms with van der Waals surface area (Å²) in [6.45, 7) is 3.69. The fourth-order valence-electron chi connectivity index (χ4n) is 3.75. The number of nitrogens with one attached hydrogen (secondary N) is 1. The normalized spacial score (nSPS) is 11.7. The van der Waals surface area contributed by atoms with E-state index in [0.717, 1.165) is 14.7 Å². The Morgan fingerprint density at radius 1 is 0.947 bits per heavy atom. The number of rotatable bonds is 8. The van der Waals surface area contributed by atoms with Crippen LogP contribution in [0.4, 0.5) is 5.69 Å². The van der Waals surface area contributed by atoms with Crippen molar-refractivity contribution < 1.29 is 13.2 Å². The lowest BCUT2D eigenvalue weighted by molar-refractivity contribution is 0.0955. The number of hydrazone groups is 1. The number of para-hydroxylation sites is 1. The van der Waals surface area contributed by atoms with Crippen LogP contribution in [0.5, 0.6) is 0 Å². The van der Waals surface area contributed by atoms with Crippen LogP contribution in [0.15, 0.2) is 107 Å². The Balaban J connectivity index is 1.73. The van der Waals surface area contributed by atoms with Crippen molar-refractivity contribution in [1.82, 2.24) is 5.43 Å². The van der Waals surface area contributed by atoms with Crippen molar-refractivity contribution in [1.29, 1.82) is 0 Å². The number of aryl methyl sites for hydroxylation is 1. The molecule has 0 aliphatic rings. The zero-order valence-corrected chi connectivity index (χ0v) is 24.5. The SMILES string of the molecule is C/C(=N/NC(=O)c1ccccc1N(Cc1ccc(Cl)cc1)S(=O)(=O)c1ccc(C)cc1)c1cccc(I)c1. The van der Waals surface area contributed by atoms with Crippen LogP contribution in [-0.4, -0.2) is 20.0 Å². The third kappa shape index (κ3) is 6.61. The van der Waals surface area contributed by atoms with E-state index < -0.39 is 15.9 Å². The van der Waals surface area contributed by atoms with E-state index in [1.54, 1.807) is 79.7 Å². The second-order valence-corrected chi connectivity index (χ2v) is 12.2. The monoisotopic (exact) mass is 657 g/mol. The summed E-state index contributed by atoms with van der Waals surface area (Å²) in [6.07, 6.45) is 0. The summed E-state index contributed by atoms with van der Waals surface area (Å²) in [5.41, 5.74) is 6.16. The molecule has 0 saturated heterocycles. The lowest BCUT2D eigenvalue weighted by Crippen LogP contribution is -2.33. The van der Waals surface area contributed by atoms with Crippen molar-refractivity contribution in [2.24, 2.45) is 5.10 Å². The molecule has 4 aromatic carbocycles. The molecule has 9 heteroatoms. The van der Waals surface area contributed by atoms with E-state index in [-0.39, 0.29) is 22.7 Å². The van der Waals surface area contributed by atoms with Crippen molar-refractivity contribution >= 4 is 61.5 Å². The highest BCUT2D eigenvalue weighted by atomic mass is 127. The molecular weight excluding hydrogens is 633 g/mol. The maximum absolute atomic E-state index is 13.9. The van der Waals surface area contributed by atoms with E-state index in [9.17, 15) is 13.2 Å². The van der Waals surface area contributed by atoms with E-state index in [0.29, 0.717) is 16.3 Å². The number of amides is 1. The molecule has 0 aromatic heterocycles. The first-order valence-corrected chi connectivity index (χ1v) is 14.6. The standard InChI is InChI=1S/C29H25ClIN3O3S/c1-20-10-16-26(17-11-20)38(36,37)34(19-22-12-14-24(30)15-13-22)28-9-4-3-8-27(28)29(35)33-32-21(2)23-6-5-7-25(31)18-23/h3-18H,19H2,1-2H3,(H,33,35)/b32-21-. The molecule has 194 valence electrons. The van der Waals surface area contributed by atoms with Gasteiger partial charge in [-0.2, -0.15) is 5.10 Å². The Kier molecular flexibility index (Phi) is 8.86. The van der Waals surface area contributed by atoms with E-state index >= 15 is 0 Å². The number of anilines is 1. The largest absolute Gasteiger partial charge is 0.273 e. The van der Waals surface area contributed by atoms with Gasteiger partial charge in [0, 0.05) is 8.59 Å². The molecule has 1 amide bonds. The number of nitrogens with zero attached hydrogens (tertiary/aromatic N) is 2. The molecule has 0 aliphatic carbocycles. The van der Waals surface area contributed by atoms with Gasteiger partial charge in [0.05, 0.1) is 28.4 Å². The van der Waals surface area contributed by atoms with Gasteiger partial charge in [0.1, 0.15) is 0 Å². The quantitative estimate of drug-likeness (QED) is 0.129. The van der Waals surface area contributed by atoms with Crippen molar-refractivity contribution in [3.8, 4) is 0 Å². The highest BCUT2D eigenvalue weighted by Gasteiger charge is 2.28. The lowest BCUT2D eigenvalue weighted by atomic mass is 10.1. The van der Waals surface area contributed by atoms with Gasteiger partial charge in [-0.05, 0) is 96.1 Å². The Morgan fingerprint density at radius 3 is 2.32 bits per heavy atom. The minimum absolute atomic E-state index is 0.00240. The predicted molar refractivity (Wildman–Crippen MR) is 161 cm³/mol. The van der Waals surface area contributed by atoms with Gasteiger partial charge in [-0.25, -0.2) is 13.8 Å². The maximum Gasteiger partial charge on any atom is 0.273 e. The average Bonchev–Trinajstić information content (AvgIpc) is 2.91. The van der Waals surface area contributed by atoms with Gasteiger partial charge < -0.3 is 0 Å². The van der Waals surface area contributed by atoms with Gasteiger partial charge in [0.2, 0.25) is 0 Å². The van der Waals surface area contributed by atoms with Crippen molar-refractivity contribution in [3.63, 3.8) is 0 Å². The zero-order valence-electron chi connectivity index (χ0n) is 20.7. The highest BCUT2D eigenvalue weighted by molar-refractivity contribution is 14.1. The number of benzene rings is 4. The molecule has 6 nitrogen and oxygen atoms in total. The molecule has 4 aromatic rings. The summed E-state index contributed by atoms with van der Waals surface area (Å²) in [6, 6.07) is 27.9. The van der Waals surface area contributed by atoms with Crippen molar-refractivity contribution in [2.45, 2.75) is 25.3 Å². The second kappa shape index (κ2) is 12.1. The van der Waals surface area contributed by atoms with Gasteiger partial charge in [-0.1, -0.05) is 65.7 Å². The van der Waals surface area contributed by atoms with Crippen molar-refractivity contribution in [2.75, 3.05) is 4.31 Å². The first-order chi connectivity index (χ1) is 18.1. The topological polar surface area (TPSA) is 78.8 Å². The first-order valence-electron chi connectivity index (χ1n) is 11.7. The summed E-state index contributed by atoms with van der Waals surface area (Å²) in [4.78, 5) is 13.4. The van der Waals surface area contributed by atoms with Gasteiger partial charge in [0.15, 0.2) is 0 Å². The minimum Gasteiger partial charge on any atom is -0.267 e. The van der Waals surface area contributed by atoms with Crippen LogP contribution in [0.1, 0.15) is 34.0 Å². The molecule has 0 bridgehead atoms. The van der Waals surface area contributed by atoms with Gasteiger partial charge in [0.25, 0.3) is 15.9 Å². The molecule has 0 saturated carbocycles. The van der Waals surface area contributed by atoms with Crippen LogP contribution in [0.2, 0.25) is 5.02 Å². The molecule has 0 spiro atoms. The first kappa shape index (κ1) is 27.8. The Labute approximate surface area is 241 Å². The third-order valence-corrected chi connectivity index (χ3v) is 8.53. The van der Waals surface area contributed by atoms with E-state index in [4.69, 9.17) is 11.6 Å². The number of hydrogen-bond donors (Lipinski definition) is 1. The number of hydrogen-bond acceptors (Lipinski definition) is 4. The van der Waals surface area contributed by atoms with Crippen LogP contribution in [0.3, 0.4) is 0 Å². The zero-order chi connectivity index (χ0) is 27.3. The van der Waals surface area contributed by atoms with Gasteiger partial charge in [-0.3, -0.25) is 9.10 Å². The Bertz CT molecular complexity index is 1590. The molecule has 0 unspecified atom stereocenters. The summed E-state index contributed by atoms with van der Waals surface area (Å²) in [7, 11) is -4.03. The van der Waals surface area contributed by atoms with Crippen LogP contribution < -0.4 is 9.73 Å². The van der Waals surface area contributed by atoms with E-state index in [1.165, 1.54) is 4.31 Å². The summed E-state index contributed by atoms with van der Waals surface area (Å²) in [5, 5.41) is 4.81. The summed E-state index contributed by atoms with van der Waals surface area (Å²) in [5.74, 6) is -0.522. The van der Waals surface area contributed by atoms with Gasteiger partial charge >= 0.3 is 0 Å². The molecule has 0 atom stereocenters. The third-order valence-electron chi connectivity index (χ3n) is 5.83. The fourth-order valence-corrected chi connectivity index (χ4v) is 5.89. The molecule has 4 rings (SSSR count). The number of carbonyl (C=O) groups excluding carboxylic acids is 1. The molecule has 0 heterocycles. The van der Waals surface area contributed by atoms with Crippen LogP contribution in [0.25, 0.3) is 0 Å². The molecule has 0 aliphatic heterocycles. The van der Waals surface area contributed by atoms with Crippen LogP contribution in [-0.2, 0) is 16.6 Å². The maximum atomic E-state index is 13.9. The van der Waals surface area contributed by atoms with Crippen LogP contribution in [0, 0.1) is 10.5 Å². The second-order valence-electron chi connectivity index (χ2n) is 8.62. The Hall–Kier alpha value is -3.21. The minimum atomic E-state index is -4.03. The van der Waals surface area contributed by atoms with Crippen LogP contribution >= 0.6 is 34.2 Å². The highest BCUT2D eigenvalue weighted by Crippen LogP contribution is 2.30. The molecule has 0 radical (unpaired) electrons. The number of carbonyl (C=O) groups is 1. The lowest BCUT2D eigenvalue weighted by Gasteiger charge is -2.26. The molecule has 38 heavy (non-hydrogen) atoms. The van der Waals surface area contributed by atoms with E-state index in [1.807, 2.05) is 31.2 Å². The fraction of sp³-hybridized carbons (Fsp3) is 0.103. The van der Waals surface area contributed by atoms with E-state index in [2.05, 4.69) is 33.1 Å².